The minimum Gasteiger partial charge on any atom is -0.507 e. The van der Waals surface area contributed by atoms with Gasteiger partial charge in [0.2, 0.25) is 0 Å². The monoisotopic (exact) mass is 388 g/mol. The summed E-state index contributed by atoms with van der Waals surface area (Å²) < 4.78 is 48.3. The van der Waals surface area contributed by atoms with Crippen LogP contribution in [-0.2, 0) is 10.9 Å². The lowest BCUT2D eigenvalue weighted by Gasteiger charge is -2.12. The molecule has 140 valence electrons. The molecule has 26 heavy (non-hydrogen) atoms. The second kappa shape index (κ2) is 8.31. The van der Waals surface area contributed by atoms with Crippen LogP contribution in [0.3, 0.4) is 0 Å². The molecule has 0 saturated heterocycles. The Labute approximate surface area is 153 Å². The van der Waals surface area contributed by atoms with Gasteiger partial charge in [-0.1, -0.05) is 24.9 Å². The Morgan fingerprint density at radius 2 is 1.92 bits per heavy atom. The van der Waals surface area contributed by atoms with Crippen LogP contribution < -0.4 is 4.74 Å². The second-order valence-corrected chi connectivity index (χ2v) is 5.82. The second-order valence-electron chi connectivity index (χ2n) is 5.41. The molecule has 0 amide bonds. The molecule has 2 aromatic carbocycles. The zero-order valence-corrected chi connectivity index (χ0v) is 14.5. The number of carbonyl (C=O) groups excluding carboxylic acids is 1. The molecule has 0 bridgehead atoms. The average molecular weight is 389 g/mol. The fraction of sp³-hybridized carbons (Fsp3) is 0.278. The van der Waals surface area contributed by atoms with Crippen LogP contribution in [0, 0.1) is 0 Å². The van der Waals surface area contributed by atoms with Crippen LogP contribution in [-0.4, -0.2) is 17.7 Å². The Morgan fingerprint density at radius 3 is 2.50 bits per heavy atom. The molecule has 0 heterocycles. The van der Waals surface area contributed by atoms with E-state index in [4.69, 9.17) is 21.1 Å². The number of ether oxygens (including phenoxy) is 2. The van der Waals surface area contributed by atoms with Crippen LogP contribution in [0.1, 0.15) is 35.7 Å². The molecule has 2 rings (SSSR count). The smallest absolute Gasteiger partial charge is 0.416 e. The first-order valence-electron chi connectivity index (χ1n) is 7.77. The van der Waals surface area contributed by atoms with Gasteiger partial charge in [0.05, 0.1) is 17.2 Å². The van der Waals surface area contributed by atoms with Crippen LogP contribution in [0.15, 0.2) is 36.4 Å². The number of halogens is 4. The third-order valence-electron chi connectivity index (χ3n) is 3.41. The number of phenolic OH excluding ortho intramolecular Hbond substituents is 1. The van der Waals surface area contributed by atoms with E-state index in [0.717, 1.165) is 30.7 Å². The summed E-state index contributed by atoms with van der Waals surface area (Å²) >= 11 is 5.82. The van der Waals surface area contributed by atoms with E-state index in [1.54, 1.807) is 0 Å². The molecule has 0 radical (unpaired) electrons. The highest BCUT2D eigenvalue weighted by atomic mass is 35.5. The van der Waals surface area contributed by atoms with E-state index in [0.29, 0.717) is 6.42 Å². The third-order valence-corrected chi connectivity index (χ3v) is 3.70. The van der Waals surface area contributed by atoms with E-state index in [1.807, 2.05) is 6.92 Å². The van der Waals surface area contributed by atoms with Crippen LogP contribution in [0.4, 0.5) is 13.2 Å². The molecule has 4 nitrogen and oxygen atoms in total. The zero-order valence-electron chi connectivity index (χ0n) is 13.8. The lowest BCUT2D eigenvalue weighted by molar-refractivity contribution is -0.137. The minimum absolute atomic E-state index is 0.0164. The predicted octanol–water partition coefficient (Wildman–Crippen LogP) is 5.81. The predicted molar refractivity (Wildman–Crippen MR) is 89.8 cm³/mol. The van der Waals surface area contributed by atoms with Crippen LogP contribution in [0.5, 0.6) is 17.2 Å². The highest BCUT2D eigenvalue weighted by Crippen LogP contribution is 2.37. The summed E-state index contributed by atoms with van der Waals surface area (Å²) in [6.45, 7) is 2.19. The Morgan fingerprint density at radius 1 is 1.19 bits per heavy atom. The van der Waals surface area contributed by atoms with E-state index in [2.05, 4.69) is 0 Å². The first-order chi connectivity index (χ1) is 12.2. The maximum Gasteiger partial charge on any atom is 0.416 e. The lowest BCUT2D eigenvalue weighted by atomic mass is 10.2. The van der Waals surface area contributed by atoms with Gasteiger partial charge >= 0.3 is 12.1 Å². The first kappa shape index (κ1) is 19.9. The minimum atomic E-state index is -4.51. The standard InChI is InChI=1S/C18H16ClF3O4/c1-2-3-8-25-17(24)13-6-5-12(10-15(13)23)26-16-7-4-11(9-14(16)19)18(20,21)22/h4-7,9-10,23H,2-3,8H2,1H3. The highest BCUT2D eigenvalue weighted by molar-refractivity contribution is 6.32. The van der Waals surface area contributed by atoms with Gasteiger partial charge in [0, 0.05) is 6.07 Å². The quantitative estimate of drug-likeness (QED) is 0.501. The maximum absolute atomic E-state index is 12.6. The molecule has 0 unspecified atom stereocenters. The molecule has 0 aliphatic rings. The zero-order chi connectivity index (χ0) is 19.3. The summed E-state index contributed by atoms with van der Waals surface area (Å²) in [6, 6.07) is 6.50. The van der Waals surface area contributed by atoms with Crippen LogP contribution in [0.2, 0.25) is 5.02 Å². The summed E-state index contributed by atoms with van der Waals surface area (Å²) in [4.78, 5) is 11.8. The molecule has 2 aromatic rings. The molecule has 0 aromatic heterocycles. The SMILES string of the molecule is CCCCOC(=O)c1ccc(Oc2ccc(C(F)(F)F)cc2Cl)cc1O. The molecule has 0 fully saturated rings. The number of rotatable bonds is 6. The van der Waals surface area contributed by atoms with Crippen molar-refractivity contribution < 1.29 is 32.5 Å². The number of benzene rings is 2. The molecule has 0 saturated carbocycles. The maximum atomic E-state index is 12.6. The molecular formula is C18H16ClF3O4. The molecule has 0 aliphatic heterocycles. The third kappa shape index (κ3) is 5.05. The largest absolute Gasteiger partial charge is 0.507 e. The number of aromatic hydroxyl groups is 1. The van der Waals surface area contributed by atoms with Crippen molar-refractivity contribution in [3.63, 3.8) is 0 Å². The number of alkyl halides is 3. The summed E-state index contributed by atoms with van der Waals surface area (Å²) in [6.07, 6.45) is -2.94. The topological polar surface area (TPSA) is 55.8 Å². The molecule has 0 aliphatic carbocycles. The summed E-state index contributed by atoms with van der Waals surface area (Å²) in [7, 11) is 0. The van der Waals surface area contributed by atoms with Gasteiger partial charge in [-0.3, -0.25) is 0 Å². The number of esters is 1. The van der Waals surface area contributed by atoms with Crippen LogP contribution >= 0.6 is 11.6 Å². The van der Waals surface area contributed by atoms with Gasteiger partial charge in [-0.2, -0.15) is 13.2 Å². The summed E-state index contributed by atoms with van der Waals surface area (Å²) in [5.41, 5.74) is -0.935. The lowest BCUT2D eigenvalue weighted by Crippen LogP contribution is -2.06. The Hall–Kier alpha value is -2.41. The van der Waals surface area contributed by atoms with Crippen LogP contribution in [0.25, 0.3) is 0 Å². The van der Waals surface area contributed by atoms with E-state index in [9.17, 15) is 23.1 Å². The fourth-order valence-electron chi connectivity index (χ4n) is 2.02. The number of carbonyl (C=O) groups is 1. The number of unbranched alkanes of at least 4 members (excludes halogenated alkanes) is 1. The van der Waals surface area contributed by atoms with Gasteiger partial charge in [-0.25, -0.2) is 4.79 Å². The van der Waals surface area contributed by atoms with Crippen molar-refractivity contribution in [2.75, 3.05) is 6.61 Å². The Kier molecular flexibility index (Phi) is 6.37. The van der Waals surface area contributed by atoms with Crippen molar-refractivity contribution in [2.24, 2.45) is 0 Å². The van der Waals surface area contributed by atoms with Gasteiger partial charge in [-0.15, -0.1) is 0 Å². The van der Waals surface area contributed by atoms with Crippen molar-refractivity contribution in [1.29, 1.82) is 0 Å². The Balaban J connectivity index is 2.14. The number of hydrogen-bond acceptors (Lipinski definition) is 4. The van der Waals surface area contributed by atoms with E-state index >= 15 is 0 Å². The van der Waals surface area contributed by atoms with Crippen molar-refractivity contribution in [3.8, 4) is 17.2 Å². The van der Waals surface area contributed by atoms with Crippen molar-refractivity contribution in [2.45, 2.75) is 25.9 Å². The van der Waals surface area contributed by atoms with Gasteiger partial charge in [0.1, 0.15) is 22.8 Å². The van der Waals surface area contributed by atoms with Crippen molar-refractivity contribution >= 4 is 17.6 Å². The molecule has 0 atom stereocenters. The molecule has 1 N–H and O–H groups in total. The summed E-state index contributed by atoms with van der Waals surface area (Å²) in [5, 5.41) is 9.72. The van der Waals surface area contributed by atoms with Gasteiger partial charge in [0.15, 0.2) is 0 Å². The average Bonchev–Trinajstić information content (AvgIpc) is 2.56. The number of hydrogen-bond donors (Lipinski definition) is 1. The first-order valence-corrected chi connectivity index (χ1v) is 8.15. The molecule has 8 heteroatoms. The van der Waals surface area contributed by atoms with E-state index in [-0.39, 0.29) is 34.4 Å². The summed E-state index contributed by atoms with van der Waals surface area (Å²) in [5.74, 6) is -0.950. The van der Waals surface area contributed by atoms with Gasteiger partial charge in [0.25, 0.3) is 0 Å². The molecular weight excluding hydrogens is 373 g/mol. The van der Waals surface area contributed by atoms with E-state index < -0.39 is 17.7 Å². The van der Waals surface area contributed by atoms with Gasteiger partial charge in [-0.05, 0) is 36.8 Å². The van der Waals surface area contributed by atoms with E-state index in [1.165, 1.54) is 12.1 Å². The van der Waals surface area contributed by atoms with Crippen molar-refractivity contribution in [3.05, 3.63) is 52.5 Å². The molecule has 0 spiro atoms. The fourth-order valence-corrected chi connectivity index (χ4v) is 2.24. The van der Waals surface area contributed by atoms with Gasteiger partial charge < -0.3 is 14.6 Å². The normalized spacial score (nSPS) is 11.3. The highest BCUT2D eigenvalue weighted by Gasteiger charge is 2.31. The van der Waals surface area contributed by atoms with Crippen molar-refractivity contribution in [1.82, 2.24) is 0 Å². The Bertz CT molecular complexity index is 790. The number of phenols is 1.